The van der Waals surface area contributed by atoms with Crippen molar-refractivity contribution in [1.82, 2.24) is 0 Å². The summed E-state index contributed by atoms with van der Waals surface area (Å²) < 4.78 is 10.9. The molecule has 0 fully saturated rings. The maximum absolute atomic E-state index is 10.1. The fraction of sp³-hybridized carbons (Fsp3) is 0.500. The predicted molar refractivity (Wildman–Crippen MR) is 61.9 cm³/mol. The first kappa shape index (κ1) is 11.7. The Kier molecular flexibility index (Phi) is 3.10. The second-order valence-electron chi connectivity index (χ2n) is 4.01. The van der Waals surface area contributed by atoms with Crippen LogP contribution in [0.15, 0.2) is 12.1 Å². The Morgan fingerprint density at radius 2 is 2.00 bits per heavy atom. The topological polar surface area (TPSA) is 38.7 Å². The molecule has 3 atom stereocenters. The van der Waals surface area contributed by atoms with Crippen molar-refractivity contribution in [3.05, 3.63) is 28.3 Å². The molecular weight excluding hydrogens is 228 g/mol. The van der Waals surface area contributed by atoms with Crippen LogP contribution in [0.5, 0.6) is 5.75 Å². The summed E-state index contributed by atoms with van der Waals surface area (Å²) in [6.07, 6.45) is -1.08. The fourth-order valence-corrected chi connectivity index (χ4v) is 2.46. The number of aliphatic hydroxyl groups is 1. The molecule has 1 aromatic rings. The van der Waals surface area contributed by atoms with E-state index in [1.165, 1.54) is 0 Å². The van der Waals surface area contributed by atoms with Gasteiger partial charge in [-0.2, -0.15) is 0 Å². The number of hydrogen-bond donors (Lipinski definition) is 1. The first-order valence-corrected chi connectivity index (χ1v) is 5.63. The molecule has 4 heteroatoms. The molecule has 0 radical (unpaired) electrons. The highest BCUT2D eigenvalue weighted by Crippen LogP contribution is 2.44. The van der Waals surface area contributed by atoms with E-state index in [4.69, 9.17) is 21.1 Å². The van der Waals surface area contributed by atoms with Crippen LogP contribution in [-0.4, -0.2) is 18.3 Å². The largest absolute Gasteiger partial charge is 0.496 e. The van der Waals surface area contributed by atoms with Crippen LogP contribution in [-0.2, 0) is 4.74 Å². The highest BCUT2D eigenvalue weighted by atomic mass is 35.5. The van der Waals surface area contributed by atoms with E-state index in [9.17, 15) is 5.11 Å². The van der Waals surface area contributed by atoms with E-state index < -0.39 is 6.10 Å². The Bertz CT molecular complexity index is 405. The van der Waals surface area contributed by atoms with Crippen LogP contribution in [0.25, 0.3) is 0 Å². The summed E-state index contributed by atoms with van der Waals surface area (Å²) in [5, 5.41) is 10.6. The van der Waals surface area contributed by atoms with Gasteiger partial charge in [0.15, 0.2) is 0 Å². The Labute approximate surface area is 99.9 Å². The third-order valence-electron chi connectivity index (χ3n) is 2.98. The molecule has 1 aliphatic heterocycles. The van der Waals surface area contributed by atoms with E-state index in [0.29, 0.717) is 10.8 Å². The van der Waals surface area contributed by atoms with Gasteiger partial charge in [0.1, 0.15) is 11.9 Å². The normalized spacial score (nSPS) is 28.7. The molecule has 1 heterocycles. The molecule has 0 saturated heterocycles. The third-order valence-corrected chi connectivity index (χ3v) is 3.31. The van der Waals surface area contributed by atoms with Crippen molar-refractivity contribution in [2.24, 2.45) is 0 Å². The molecular formula is C12H15ClO3. The zero-order valence-corrected chi connectivity index (χ0v) is 10.3. The lowest BCUT2D eigenvalue weighted by molar-refractivity contribution is -0.0815. The predicted octanol–water partition coefficient (Wildman–Crippen LogP) is 2.86. The van der Waals surface area contributed by atoms with Crippen molar-refractivity contribution < 1.29 is 14.6 Å². The van der Waals surface area contributed by atoms with Gasteiger partial charge in [0.25, 0.3) is 0 Å². The van der Waals surface area contributed by atoms with Crippen molar-refractivity contribution >= 4 is 11.6 Å². The molecule has 0 unspecified atom stereocenters. The molecule has 1 aromatic carbocycles. The Morgan fingerprint density at radius 1 is 1.31 bits per heavy atom. The van der Waals surface area contributed by atoms with Crippen LogP contribution in [0.3, 0.4) is 0 Å². The standard InChI is InChI=1S/C12H15ClO3/c1-6-10-9(15-3)5-4-8(13)11(10)12(14)7(2)16-6/h4-7,12,14H,1-3H3/t6-,7+,12-/m1/s1. The Hall–Kier alpha value is -0.770. The van der Waals surface area contributed by atoms with Gasteiger partial charge in [0, 0.05) is 16.1 Å². The second kappa shape index (κ2) is 4.24. The molecule has 88 valence electrons. The monoisotopic (exact) mass is 242 g/mol. The van der Waals surface area contributed by atoms with Crippen LogP contribution >= 0.6 is 11.6 Å². The zero-order valence-electron chi connectivity index (χ0n) is 9.53. The van der Waals surface area contributed by atoms with Gasteiger partial charge < -0.3 is 14.6 Å². The van der Waals surface area contributed by atoms with Crippen molar-refractivity contribution in [1.29, 1.82) is 0 Å². The molecule has 3 nitrogen and oxygen atoms in total. The summed E-state index contributed by atoms with van der Waals surface area (Å²) in [5.41, 5.74) is 1.58. The molecule has 16 heavy (non-hydrogen) atoms. The minimum Gasteiger partial charge on any atom is -0.496 e. The molecule has 2 rings (SSSR count). The van der Waals surface area contributed by atoms with Gasteiger partial charge in [0.05, 0.1) is 19.3 Å². The minimum atomic E-state index is -0.700. The van der Waals surface area contributed by atoms with Gasteiger partial charge in [-0.3, -0.25) is 0 Å². The van der Waals surface area contributed by atoms with E-state index in [0.717, 1.165) is 11.1 Å². The summed E-state index contributed by atoms with van der Waals surface area (Å²) in [7, 11) is 1.60. The lowest BCUT2D eigenvalue weighted by Crippen LogP contribution is -2.28. The Balaban J connectivity index is 2.63. The van der Waals surface area contributed by atoms with Crippen LogP contribution < -0.4 is 4.74 Å². The van der Waals surface area contributed by atoms with Crippen LogP contribution in [0, 0.1) is 0 Å². The first-order valence-electron chi connectivity index (χ1n) is 5.26. The molecule has 1 N–H and O–H groups in total. The number of halogens is 1. The SMILES string of the molecule is COc1ccc(Cl)c2c1[C@@H](C)O[C@@H](C)[C@H]2O. The zero-order chi connectivity index (χ0) is 11.9. The van der Waals surface area contributed by atoms with Crippen LogP contribution in [0.1, 0.15) is 37.2 Å². The molecule has 0 amide bonds. The maximum Gasteiger partial charge on any atom is 0.125 e. The van der Waals surface area contributed by atoms with Crippen molar-refractivity contribution in [2.45, 2.75) is 32.2 Å². The number of benzene rings is 1. The number of aliphatic hydroxyl groups excluding tert-OH is 1. The van der Waals surface area contributed by atoms with Crippen molar-refractivity contribution in [3.63, 3.8) is 0 Å². The van der Waals surface area contributed by atoms with E-state index in [1.807, 2.05) is 13.8 Å². The lowest BCUT2D eigenvalue weighted by Gasteiger charge is -2.34. The number of rotatable bonds is 1. The summed E-state index contributed by atoms with van der Waals surface area (Å²) >= 11 is 6.13. The van der Waals surface area contributed by atoms with Gasteiger partial charge in [-0.25, -0.2) is 0 Å². The molecule has 0 saturated carbocycles. The molecule has 0 bridgehead atoms. The number of ether oxygens (including phenoxy) is 2. The highest BCUT2D eigenvalue weighted by Gasteiger charge is 2.33. The quantitative estimate of drug-likeness (QED) is 0.823. The van der Waals surface area contributed by atoms with Gasteiger partial charge in [-0.15, -0.1) is 0 Å². The van der Waals surface area contributed by atoms with Gasteiger partial charge in [-0.05, 0) is 26.0 Å². The Morgan fingerprint density at radius 3 is 2.62 bits per heavy atom. The average molecular weight is 243 g/mol. The third kappa shape index (κ3) is 1.69. The average Bonchev–Trinajstić information content (AvgIpc) is 2.25. The second-order valence-corrected chi connectivity index (χ2v) is 4.41. The van der Waals surface area contributed by atoms with E-state index in [2.05, 4.69) is 0 Å². The maximum atomic E-state index is 10.1. The fourth-order valence-electron chi connectivity index (χ4n) is 2.19. The summed E-state index contributed by atoms with van der Waals surface area (Å²) in [5.74, 6) is 0.706. The number of methoxy groups -OCH3 is 1. The molecule has 1 aliphatic rings. The smallest absolute Gasteiger partial charge is 0.125 e. The molecule has 0 spiro atoms. The molecule has 0 aliphatic carbocycles. The first-order chi connectivity index (χ1) is 7.56. The van der Waals surface area contributed by atoms with E-state index in [-0.39, 0.29) is 12.2 Å². The number of fused-ring (bicyclic) bond motifs is 1. The van der Waals surface area contributed by atoms with Crippen molar-refractivity contribution in [3.8, 4) is 5.75 Å². The van der Waals surface area contributed by atoms with E-state index in [1.54, 1.807) is 19.2 Å². The highest BCUT2D eigenvalue weighted by molar-refractivity contribution is 6.31. The minimum absolute atomic E-state index is 0.123. The molecule has 0 aromatic heterocycles. The van der Waals surface area contributed by atoms with Gasteiger partial charge in [-0.1, -0.05) is 11.6 Å². The number of hydrogen-bond acceptors (Lipinski definition) is 3. The summed E-state index contributed by atoms with van der Waals surface area (Å²) in [4.78, 5) is 0. The lowest BCUT2D eigenvalue weighted by atomic mass is 9.92. The van der Waals surface area contributed by atoms with Gasteiger partial charge in [0.2, 0.25) is 0 Å². The summed E-state index contributed by atoms with van der Waals surface area (Å²) in [6.45, 7) is 3.76. The van der Waals surface area contributed by atoms with E-state index >= 15 is 0 Å². The summed E-state index contributed by atoms with van der Waals surface area (Å²) in [6, 6.07) is 3.54. The van der Waals surface area contributed by atoms with Crippen LogP contribution in [0.2, 0.25) is 5.02 Å². The van der Waals surface area contributed by atoms with Gasteiger partial charge >= 0.3 is 0 Å². The van der Waals surface area contributed by atoms with Crippen LogP contribution in [0.4, 0.5) is 0 Å². The van der Waals surface area contributed by atoms with Crippen molar-refractivity contribution in [2.75, 3.05) is 7.11 Å².